The quantitative estimate of drug-likeness (QED) is 0.649. The van der Waals surface area contributed by atoms with Crippen LogP contribution < -0.4 is 9.57 Å². The Balaban J connectivity index is 2.45. The van der Waals surface area contributed by atoms with Gasteiger partial charge in [0, 0.05) is 10.3 Å². The minimum absolute atomic E-state index is 0.383. The highest BCUT2D eigenvalue weighted by Crippen LogP contribution is 2.47. The van der Waals surface area contributed by atoms with E-state index < -0.39 is 5.41 Å². The number of halogens is 1. The molecule has 2 rings (SSSR count). The van der Waals surface area contributed by atoms with Gasteiger partial charge in [-0.2, -0.15) is 5.26 Å². The molecule has 1 aliphatic rings. The molecule has 1 heterocycles. The van der Waals surface area contributed by atoms with E-state index in [1.165, 1.54) is 24.1 Å². The minimum Gasteiger partial charge on any atom is -0.275 e. The predicted octanol–water partition coefficient (Wildman–Crippen LogP) is 0.727. The topological polar surface area (TPSA) is 36.9 Å². The predicted molar refractivity (Wildman–Crippen MR) is 45.6 cm³/mol. The van der Waals surface area contributed by atoms with Crippen molar-refractivity contribution in [1.82, 2.24) is 0 Å². The summed E-state index contributed by atoms with van der Waals surface area (Å²) in [5.74, 6) is -0.383. The van der Waals surface area contributed by atoms with Crippen LogP contribution in [0.15, 0.2) is 18.5 Å². The second kappa shape index (κ2) is 2.95. The largest absolute Gasteiger partial charge is 0.275 e. The average Bonchev–Trinajstić information content (AvgIpc) is 2.97. The molecule has 14 heavy (non-hydrogen) atoms. The van der Waals surface area contributed by atoms with Gasteiger partial charge in [0.2, 0.25) is 6.20 Å². The normalized spacial score (nSPS) is 17.2. The lowest BCUT2D eigenvalue weighted by molar-refractivity contribution is -0.886. The summed E-state index contributed by atoms with van der Waals surface area (Å²) in [4.78, 5) is 4.87. The van der Waals surface area contributed by atoms with Crippen LogP contribution in [0.4, 0.5) is 4.39 Å². The summed E-state index contributed by atoms with van der Waals surface area (Å²) in [6.07, 6.45) is 4.49. The highest BCUT2D eigenvalue weighted by Gasteiger charge is 2.47. The fraction of sp³-hybridized carbons (Fsp3) is 0.400. The number of pyridine rings is 1. The van der Waals surface area contributed by atoms with E-state index in [1.807, 2.05) is 0 Å². The summed E-state index contributed by atoms with van der Waals surface area (Å²) in [5, 5.41) is 8.94. The fourth-order valence-electron chi connectivity index (χ4n) is 1.48. The second-order valence-electron chi connectivity index (χ2n) is 3.48. The first kappa shape index (κ1) is 8.95. The number of rotatable bonds is 2. The average molecular weight is 193 g/mol. The van der Waals surface area contributed by atoms with E-state index in [2.05, 4.69) is 6.07 Å². The van der Waals surface area contributed by atoms with Crippen LogP contribution in [-0.2, 0) is 5.41 Å². The number of nitriles is 1. The Labute approximate surface area is 81.3 Å². The van der Waals surface area contributed by atoms with Crippen LogP contribution in [0, 0.1) is 17.1 Å². The van der Waals surface area contributed by atoms with Gasteiger partial charge in [0.05, 0.1) is 11.5 Å². The molecule has 0 N–H and O–H groups in total. The molecule has 0 unspecified atom stereocenters. The molecule has 0 saturated heterocycles. The van der Waals surface area contributed by atoms with Crippen LogP contribution in [-0.4, -0.2) is 7.11 Å². The van der Waals surface area contributed by atoms with E-state index in [-0.39, 0.29) is 5.82 Å². The Morgan fingerprint density at radius 1 is 1.57 bits per heavy atom. The molecule has 0 bridgehead atoms. The first-order chi connectivity index (χ1) is 6.70. The molecule has 1 fully saturated rings. The SMILES string of the molecule is CO[n+]1cc(F)cc(C2(C#N)CC2)c1. The zero-order valence-electron chi connectivity index (χ0n) is 7.83. The molecule has 1 aromatic rings. The molecule has 0 spiro atoms. The molecular weight excluding hydrogens is 183 g/mol. The summed E-state index contributed by atoms with van der Waals surface area (Å²) in [6.45, 7) is 0. The molecule has 1 saturated carbocycles. The summed E-state index contributed by atoms with van der Waals surface area (Å²) < 4.78 is 14.4. The molecular formula is C10H10FN2O+. The molecule has 0 amide bonds. The lowest BCUT2D eigenvalue weighted by Gasteiger charge is -2.02. The van der Waals surface area contributed by atoms with Crippen molar-refractivity contribution >= 4 is 0 Å². The van der Waals surface area contributed by atoms with Gasteiger partial charge in [-0.3, -0.25) is 4.84 Å². The van der Waals surface area contributed by atoms with Crippen LogP contribution >= 0.6 is 0 Å². The van der Waals surface area contributed by atoms with Crippen LogP contribution in [0.3, 0.4) is 0 Å². The van der Waals surface area contributed by atoms with Crippen molar-refractivity contribution in [3.8, 4) is 6.07 Å². The molecule has 1 aliphatic carbocycles. The second-order valence-corrected chi connectivity index (χ2v) is 3.48. The van der Waals surface area contributed by atoms with E-state index in [9.17, 15) is 4.39 Å². The molecule has 0 atom stereocenters. The van der Waals surface area contributed by atoms with E-state index in [0.29, 0.717) is 5.56 Å². The van der Waals surface area contributed by atoms with Crippen molar-refractivity contribution in [2.24, 2.45) is 0 Å². The van der Waals surface area contributed by atoms with E-state index >= 15 is 0 Å². The molecule has 3 nitrogen and oxygen atoms in total. The van der Waals surface area contributed by atoms with Crippen LogP contribution in [0.25, 0.3) is 0 Å². The van der Waals surface area contributed by atoms with Crippen molar-refractivity contribution in [2.45, 2.75) is 18.3 Å². The lowest BCUT2D eigenvalue weighted by atomic mass is 10.00. The maximum absolute atomic E-state index is 13.1. The van der Waals surface area contributed by atoms with Crippen molar-refractivity contribution in [1.29, 1.82) is 5.26 Å². The van der Waals surface area contributed by atoms with Gasteiger partial charge in [-0.1, -0.05) is 0 Å². The first-order valence-corrected chi connectivity index (χ1v) is 4.38. The third-order valence-corrected chi connectivity index (χ3v) is 2.54. The van der Waals surface area contributed by atoms with Gasteiger partial charge in [0.1, 0.15) is 7.11 Å². The summed E-state index contributed by atoms with van der Waals surface area (Å²) in [6, 6.07) is 3.61. The Kier molecular flexibility index (Phi) is 1.88. The third kappa shape index (κ3) is 1.31. The highest BCUT2D eigenvalue weighted by atomic mass is 19.1. The molecule has 0 aliphatic heterocycles. The Morgan fingerprint density at radius 3 is 2.79 bits per heavy atom. The summed E-state index contributed by atoms with van der Waals surface area (Å²) in [7, 11) is 1.45. The van der Waals surface area contributed by atoms with Gasteiger partial charge < -0.3 is 0 Å². The third-order valence-electron chi connectivity index (χ3n) is 2.54. The lowest BCUT2D eigenvalue weighted by Crippen LogP contribution is -2.41. The van der Waals surface area contributed by atoms with Gasteiger partial charge in [0.25, 0.3) is 6.20 Å². The van der Waals surface area contributed by atoms with E-state index in [1.54, 1.807) is 6.20 Å². The monoisotopic (exact) mass is 193 g/mol. The van der Waals surface area contributed by atoms with Crippen molar-refractivity contribution in [3.05, 3.63) is 29.8 Å². The smallest absolute Gasteiger partial charge is 0.257 e. The standard InChI is InChI=1S/C10H10FN2O/c1-14-13-5-8(4-9(11)6-13)10(7-12)2-3-10/h4-6H,2-3H2,1H3/q+1. The maximum atomic E-state index is 13.1. The van der Waals surface area contributed by atoms with Crippen LogP contribution in [0.2, 0.25) is 0 Å². The number of hydrogen-bond donors (Lipinski definition) is 0. The Bertz CT molecular complexity index is 407. The summed E-state index contributed by atoms with van der Waals surface area (Å²) in [5.41, 5.74) is 0.226. The van der Waals surface area contributed by atoms with Gasteiger partial charge >= 0.3 is 0 Å². The Morgan fingerprint density at radius 2 is 2.29 bits per heavy atom. The molecule has 1 aromatic heterocycles. The first-order valence-electron chi connectivity index (χ1n) is 4.38. The van der Waals surface area contributed by atoms with Gasteiger partial charge in [-0.25, -0.2) is 4.39 Å². The van der Waals surface area contributed by atoms with E-state index in [4.69, 9.17) is 10.1 Å². The molecule has 4 heteroatoms. The maximum Gasteiger partial charge on any atom is 0.257 e. The van der Waals surface area contributed by atoms with Gasteiger partial charge in [-0.15, -0.1) is 0 Å². The van der Waals surface area contributed by atoms with Crippen molar-refractivity contribution < 1.29 is 14.0 Å². The Hall–Kier alpha value is -1.63. The molecule has 72 valence electrons. The van der Waals surface area contributed by atoms with Gasteiger partial charge in [0.15, 0.2) is 5.82 Å². The zero-order chi connectivity index (χ0) is 10.2. The van der Waals surface area contributed by atoms with Crippen molar-refractivity contribution in [3.63, 3.8) is 0 Å². The number of nitrogens with zero attached hydrogens (tertiary/aromatic N) is 2. The molecule has 0 aromatic carbocycles. The minimum atomic E-state index is -0.470. The van der Waals surface area contributed by atoms with Gasteiger partial charge in [-0.05, 0) is 18.9 Å². The van der Waals surface area contributed by atoms with Crippen molar-refractivity contribution in [2.75, 3.05) is 7.11 Å². The number of hydrogen-bond acceptors (Lipinski definition) is 2. The highest BCUT2D eigenvalue weighted by molar-refractivity contribution is 5.36. The zero-order valence-corrected chi connectivity index (χ0v) is 7.83. The number of aromatic nitrogens is 1. The summed E-state index contributed by atoms with van der Waals surface area (Å²) >= 11 is 0. The van der Waals surface area contributed by atoms with Crippen LogP contribution in [0.5, 0.6) is 0 Å². The molecule has 0 radical (unpaired) electrons. The fourth-order valence-corrected chi connectivity index (χ4v) is 1.48. The van der Waals surface area contributed by atoms with E-state index in [0.717, 1.165) is 12.8 Å². The van der Waals surface area contributed by atoms with Crippen LogP contribution in [0.1, 0.15) is 18.4 Å².